The molecular weight excluding hydrogens is 312 g/mol. The smallest absolute Gasteiger partial charge is 0.293 e. The van der Waals surface area contributed by atoms with Crippen molar-refractivity contribution in [2.45, 2.75) is 45.8 Å². The Hall–Kier alpha value is -2.62. The van der Waals surface area contributed by atoms with Gasteiger partial charge in [-0.1, -0.05) is 56.5 Å². The minimum absolute atomic E-state index is 0.182. The molecule has 0 bridgehead atoms. The summed E-state index contributed by atoms with van der Waals surface area (Å²) in [6.45, 7) is 15.6. The van der Waals surface area contributed by atoms with E-state index in [2.05, 4.69) is 30.1 Å². The Kier molecular flexibility index (Phi) is 10.6. The molecule has 1 aromatic rings. The maximum Gasteiger partial charge on any atom is 0.293 e. The van der Waals surface area contributed by atoms with Gasteiger partial charge in [-0.2, -0.15) is 0 Å². The van der Waals surface area contributed by atoms with E-state index in [4.69, 9.17) is 5.41 Å². The van der Waals surface area contributed by atoms with Gasteiger partial charge >= 0.3 is 0 Å². The number of carbonyl (C=O) groups is 1. The van der Waals surface area contributed by atoms with Crippen LogP contribution in [0.5, 0.6) is 0 Å². The molecule has 0 radical (unpaired) electrons. The Bertz CT molecular complexity index is 598. The maximum atomic E-state index is 9.60. The van der Waals surface area contributed by atoms with Crippen molar-refractivity contribution in [1.29, 1.82) is 5.41 Å². The van der Waals surface area contributed by atoms with E-state index in [9.17, 15) is 4.79 Å². The fourth-order valence-corrected chi connectivity index (χ4v) is 1.97. The number of carbonyl (C=O) groups excluding carboxylic acids is 1. The number of benzene rings is 1. The number of rotatable bonds is 8. The quantitative estimate of drug-likeness (QED) is 0.391. The van der Waals surface area contributed by atoms with Crippen LogP contribution in [0.15, 0.2) is 61.2 Å². The molecule has 0 fully saturated rings. The molecule has 4 heteroatoms. The number of ether oxygens (including phenoxy) is 1. The standard InChI is InChI=1S/C16H20N2.C5H10O2/c1-4-9-13(5-2)15(6-3)18-16-11-8-7-10-14(16)12-17;1-5(2,3)7-4-6/h4-5,7-12,15,17-18H,1-2,6H2,3H3;4H,1-3H3/b13-9+,17-12?;. The second kappa shape index (κ2) is 11.8. The van der Waals surface area contributed by atoms with Gasteiger partial charge in [0, 0.05) is 17.5 Å². The maximum absolute atomic E-state index is 9.60. The predicted molar refractivity (Wildman–Crippen MR) is 107 cm³/mol. The average Bonchev–Trinajstić information content (AvgIpc) is 2.57. The minimum Gasteiger partial charge on any atom is -0.462 e. The molecule has 1 unspecified atom stereocenters. The SMILES string of the molecule is C=C/C=C(\C=C)C(CC)Nc1ccccc1C=N.CC(C)(C)OC=O. The van der Waals surface area contributed by atoms with Crippen molar-refractivity contribution in [2.24, 2.45) is 0 Å². The number of allylic oxidation sites excluding steroid dienone is 2. The van der Waals surface area contributed by atoms with Crippen LogP contribution < -0.4 is 5.32 Å². The van der Waals surface area contributed by atoms with Gasteiger partial charge in [0.2, 0.25) is 0 Å². The summed E-state index contributed by atoms with van der Waals surface area (Å²) in [5.74, 6) is 0. The van der Waals surface area contributed by atoms with E-state index in [-0.39, 0.29) is 11.6 Å². The van der Waals surface area contributed by atoms with Gasteiger partial charge in [-0.25, -0.2) is 0 Å². The zero-order valence-electron chi connectivity index (χ0n) is 15.7. The lowest BCUT2D eigenvalue weighted by Crippen LogP contribution is -2.21. The summed E-state index contributed by atoms with van der Waals surface area (Å²) < 4.78 is 4.55. The molecule has 0 aliphatic rings. The summed E-state index contributed by atoms with van der Waals surface area (Å²) in [7, 11) is 0. The van der Waals surface area contributed by atoms with Crippen LogP contribution in [-0.2, 0) is 9.53 Å². The van der Waals surface area contributed by atoms with Gasteiger partial charge in [-0.05, 0) is 38.8 Å². The first kappa shape index (κ1) is 22.4. The average molecular weight is 342 g/mol. The van der Waals surface area contributed by atoms with Crippen molar-refractivity contribution in [3.63, 3.8) is 0 Å². The summed E-state index contributed by atoms with van der Waals surface area (Å²) >= 11 is 0. The second-order valence-electron chi connectivity index (χ2n) is 6.27. The largest absolute Gasteiger partial charge is 0.462 e. The summed E-state index contributed by atoms with van der Waals surface area (Å²) in [5, 5.41) is 10.8. The van der Waals surface area contributed by atoms with Crippen molar-refractivity contribution in [2.75, 3.05) is 5.32 Å². The Balaban J connectivity index is 0.000000697. The van der Waals surface area contributed by atoms with Crippen molar-refractivity contribution >= 4 is 18.4 Å². The van der Waals surface area contributed by atoms with Crippen LogP contribution in [0.4, 0.5) is 5.69 Å². The van der Waals surface area contributed by atoms with E-state index >= 15 is 0 Å². The van der Waals surface area contributed by atoms with Crippen LogP contribution in [-0.4, -0.2) is 24.3 Å². The molecule has 0 aromatic heterocycles. The van der Waals surface area contributed by atoms with E-state index in [1.54, 1.807) is 6.08 Å². The fourth-order valence-electron chi connectivity index (χ4n) is 1.97. The third kappa shape index (κ3) is 9.30. The number of hydrogen-bond donors (Lipinski definition) is 2. The third-order valence-electron chi connectivity index (χ3n) is 3.20. The molecule has 1 atom stereocenters. The van der Waals surface area contributed by atoms with E-state index < -0.39 is 0 Å². The monoisotopic (exact) mass is 342 g/mol. The Morgan fingerprint density at radius 2 is 1.96 bits per heavy atom. The van der Waals surface area contributed by atoms with Crippen LogP contribution in [0, 0.1) is 5.41 Å². The number of nitrogens with one attached hydrogen (secondary N) is 2. The molecule has 25 heavy (non-hydrogen) atoms. The lowest BCUT2D eigenvalue weighted by Gasteiger charge is -2.20. The molecule has 0 saturated carbocycles. The van der Waals surface area contributed by atoms with Gasteiger partial charge in [0.1, 0.15) is 5.60 Å². The van der Waals surface area contributed by atoms with Gasteiger partial charge < -0.3 is 15.5 Å². The normalized spacial score (nSPS) is 12.1. The molecule has 0 aliphatic carbocycles. The topological polar surface area (TPSA) is 62.2 Å². The Morgan fingerprint density at radius 3 is 2.36 bits per heavy atom. The molecule has 1 aromatic carbocycles. The van der Waals surface area contributed by atoms with Gasteiger partial charge in [-0.3, -0.25) is 4.79 Å². The van der Waals surface area contributed by atoms with Crippen LogP contribution in [0.25, 0.3) is 0 Å². The fraction of sp³-hybridized carbons (Fsp3) is 0.333. The molecule has 1 rings (SSSR count). The minimum atomic E-state index is -0.318. The van der Waals surface area contributed by atoms with Gasteiger partial charge in [-0.15, -0.1) is 0 Å². The first-order valence-electron chi connectivity index (χ1n) is 8.25. The Morgan fingerprint density at radius 1 is 1.32 bits per heavy atom. The van der Waals surface area contributed by atoms with Gasteiger partial charge in [0.05, 0.1) is 6.04 Å². The molecule has 0 spiro atoms. The van der Waals surface area contributed by atoms with Crippen molar-refractivity contribution in [3.8, 4) is 0 Å². The van der Waals surface area contributed by atoms with Crippen molar-refractivity contribution in [1.82, 2.24) is 0 Å². The summed E-state index contributed by atoms with van der Waals surface area (Å²) in [4.78, 5) is 9.60. The van der Waals surface area contributed by atoms with E-state index in [1.807, 2.05) is 57.2 Å². The number of para-hydroxylation sites is 1. The number of hydrogen-bond acceptors (Lipinski definition) is 4. The lowest BCUT2D eigenvalue weighted by atomic mass is 10.0. The van der Waals surface area contributed by atoms with Gasteiger partial charge in [0.15, 0.2) is 0 Å². The highest BCUT2D eigenvalue weighted by Gasteiger charge is 2.10. The molecule has 2 N–H and O–H groups in total. The van der Waals surface area contributed by atoms with Crippen molar-refractivity contribution in [3.05, 3.63) is 66.8 Å². The van der Waals surface area contributed by atoms with Crippen molar-refractivity contribution < 1.29 is 9.53 Å². The van der Waals surface area contributed by atoms with Gasteiger partial charge in [0.25, 0.3) is 6.47 Å². The first-order chi connectivity index (χ1) is 11.8. The van der Waals surface area contributed by atoms with E-state index in [0.29, 0.717) is 6.47 Å². The first-order valence-corrected chi connectivity index (χ1v) is 8.25. The summed E-state index contributed by atoms with van der Waals surface area (Å²) in [5.41, 5.74) is 2.64. The summed E-state index contributed by atoms with van der Waals surface area (Å²) in [6.07, 6.45) is 7.87. The summed E-state index contributed by atoms with van der Waals surface area (Å²) in [6, 6.07) is 7.99. The van der Waals surface area contributed by atoms with Crippen LogP contribution in [0.2, 0.25) is 0 Å². The molecule has 0 saturated heterocycles. The molecular formula is C21H30N2O2. The zero-order chi connectivity index (χ0) is 19.3. The third-order valence-corrected chi connectivity index (χ3v) is 3.20. The predicted octanol–water partition coefficient (Wildman–Crippen LogP) is 5.13. The highest BCUT2D eigenvalue weighted by molar-refractivity contribution is 5.85. The molecule has 0 aliphatic heterocycles. The highest BCUT2D eigenvalue weighted by atomic mass is 16.5. The number of anilines is 1. The Labute approximate surface area is 151 Å². The highest BCUT2D eigenvalue weighted by Crippen LogP contribution is 2.19. The van der Waals surface area contributed by atoms with Crippen LogP contribution >= 0.6 is 0 Å². The second-order valence-corrected chi connectivity index (χ2v) is 6.27. The molecule has 0 amide bonds. The van der Waals surface area contributed by atoms with Crippen LogP contribution in [0.1, 0.15) is 39.7 Å². The molecule has 0 heterocycles. The molecule has 136 valence electrons. The lowest BCUT2D eigenvalue weighted by molar-refractivity contribution is -0.138. The zero-order valence-corrected chi connectivity index (χ0v) is 15.7. The van der Waals surface area contributed by atoms with E-state index in [0.717, 1.165) is 23.2 Å². The molecule has 4 nitrogen and oxygen atoms in total. The van der Waals surface area contributed by atoms with Crippen LogP contribution in [0.3, 0.4) is 0 Å². The van der Waals surface area contributed by atoms with E-state index in [1.165, 1.54) is 6.21 Å².